The summed E-state index contributed by atoms with van der Waals surface area (Å²) >= 11 is 0. The summed E-state index contributed by atoms with van der Waals surface area (Å²) in [7, 11) is 0. The Labute approximate surface area is 107 Å². The van der Waals surface area contributed by atoms with E-state index in [1.54, 1.807) is 25.3 Å². The number of hydrogen-bond acceptors (Lipinski definition) is 5. The third-order valence-corrected chi connectivity index (χ3v) is 2.85. The molecule has 0 saturated carbocycles. The van der Waals surface area contributed by atoms with E-state index in [4.69, 9.17) is 4.74 Å². The minimum absolute atomic E-state index is 0.0393. The average molecular weight is 252 g/mol. The molecule has 5 heteroatoms. The molecule has 18 heavy (non-hydrogen) atoms. The second kappa shape index (κ2) is 6.35. The van der Waals surface area contributed by atoms with Gasteiger partial charge in [-0.05, 0) is 32.4 Å². The number of aliphatic hydroxyl groups excluding tert-OH is 1. The molecule has 1 unspecified atom stereocenters. The van der Waals surface area contributed by atoms with E-state index in [1.165, 1.54) is 0 Å². The molecule has 1 heterocycles. The molecule has 0 aromatic carbocycles. The van der Waals surface area contributed by atoms with Crippen LogP contribution in [0.5, 0.6) is 0 Å². The number of rotatable bonds is 6. The van der Waals surface area contributed by atoms with Gasteiger partial charge < -0.3 is 15.2 Å². The summed E-state index contributed by atoms with van der Waals surface area (Å²) in [5.41, 5.74) is -0.122. The summed E-state index contributed by atoms with van der Waals surface area (Å²) in [6, 6.07) is 3.33. The van der Waals surface area contributed by atoms with E-state index in [0.717, 1.165) is 0 Å². The van der Waals surface area contributed by atoms with Gasteiger partial charge >= 0.3 is 5.97 Å². The zero-order valence-corrected chi connectivity index (χ0v) is 11.1. The fraction of sp³-hybridized carbons (Fsp3) is 0.538. The van der Waals surface area contributed by atoms with Crippen molar-refractivity contribution in [2.24, 2.45) is 0 Å². The van der Waals surface area contributed by atoms with E-state index in [1.807, 2.05) is 13.8 Å². The van der Waals surface area contributed by atoms with Crippen LogP contribution in [0.1, 0.15) is 37.6 Å². The van der Waals surface area contributed by atoms with Crippen LogP contribution in [0.15, 0.2) is 18.3 Å². The van der Waals surface area contributed by atoms with Crippen LogP contribution in [0.4, 0.5) is 5.82 Å². The molecule has 2 N–H and O–H groups in total. The first kappa shape index (κ1) is 14.4. The van der Waals surface area contributed by atoms with E-state index < -0.39 is 11.5 Å². The highest BCUT2D eigenvalue weighted by Crippen LogP contribution is 2.20. The lowest BCUT2D eigenvalue weighted by Crippen LogP contribution is -2.38. The summed E-state index contributed by atoms with van der Waals surface area (Å²) in [6.45, 7) is 5.86. The van der Waals surface area contributed by atoms with Gasteiger partial charge in [0.25, 0.3) is 0 Å². The Morgan fingerprint density at radius 2 is 2.28 bits per heavy atom. The number of esters is 1. The van der Waals surface area contributed by atoms with Gasteiger partial charge in [-0.1, -0.05) is 6.92 Å². The summed E-state index contributed by atoms with van der Waals surface area (Å²) in [5, 5.41) is 12.5. The summed E-state index contributed by atoms with van der Waals surface area (Å²) in [5.74, 6) is 0.0267. The molecule has 0 bridgehead atoms. The van der Waals surface area contributed by atoms with Crippen molar-refractivity contribution in [1.29, 1.82) is 0 Å². The lowest BCUT2D eigenvalue weighted by Gasteiger charge is -2.28. The summed E-state index contributed by atoms with van der Waals surface area (Å²) in [6.07, 6.45) is 2.31. The van der Waals surface area contributed by atoms with Gasteiger partial charge in [-0.2, -0.15) is 0 Å². The van der Waals surface area contributed by atoms with E-state index in [-0.39, 0.29) is 6.61 Å². The van der Waals surface area contributed by atoms with Gasteiger partial charge in [-0.15, -0.1) is 0 Å². The quantitative estimate of drug-likeness (QED) is 0.756. The van der Waals surface area contributed by atoms with E-state index in [2.05, 4.69) is 10.3 Å². The predicted octanol–water partition coefficient (Wildman–Crippen LogP) is 1.83. The van der Waals surface area contributed by atoms with Crippen molar-refractivity contribution >= 4 is 11.8 Å². The Morgan fingerprint density at radius 3 is 2.83 bits per heavy atom. The van der Waals surface area contributed by atoms with Crippen LogP contribution in [0.2, 0.25) is 0 Å². The highest BCUT2D eigenvalue weighted by atomic mass is 16.5. The van der Waals surface area contributed by atoms with Gasteiger partial charge in [0.2, 0.25) is 0 Å². The molecular weight excluding hydrogens is 232 g/mol. The maximum absolute atomic E-state index is 11.8. The smallest absolute Gasteiger partial charge is 0.341 e. The normalized spacial score (nSPS) is 13.8. The molecule has 0 aliphatic rings. The molecule has 0 aliphatic heterocycles. The number of aliphatic hydroxyl groups is 1. The molecule has 1 atom stereocenters. The van der Waals surface area contributed by atoms with Crippen LogP contribution >= 0.6 is 0 Å². The minimum Gasteiger partial charge on any atom is -0.462 e. The van der Waals surface area contributed by atoms with Crippen LogP contribution < -0.4 is 5.32 Å². The summed E-state index contributed by atoms with van der Waals surface area (Å²) < 4.78 is 4.97. The number of nitrogens with one attached hydrogen (secondary N) is 1. The first-order valence-corrected chi connectivity index (χ1v) is 6.07. The van der Waals surface area contributed by atoms with Crippen LogP contribution in [-0.2, 0) is 4.74 Å². The Morgan fingerprint density at radius 1 is 1.56 bits per heavy atom. The fourth-order valence-corrected chi connectivity index (χ4v) is 1.40. The largest absolute Gasteiger partial charge is 0.462 e. The molecule has 0 spiro atoms. The molecule has 0 saturated heterocycles. The molecule has 0 aliphatic carbocycles. The Hall–Kier alpha value is -1.62. The number of anilines is 1. The number of hydrogen-bond donors (Lipinski definition) is 2. The monoisotopic (exact) mass is 252 g/mol. The van der Waals surface area contributed by atoms with Crippen LogP contribution in [0.25, 0.3) is 0 Å². The van der Waals surface area contributed by atoms with Gasteiger partial charge in [0, 0.05) is 6.20 Å². The summed E-state index contributed by atoms with van der Waals surface area (Å²) in [4.78, 5) is 15.9. The number of carbonyl (C=O) groups is 1. The van der Waals surface area contributed by atoms with Crippen molar-refractivity contribution < 1.29 is 14.6 Å². The van der Waals surface area contributed by atoms with Gasteiger partial charge in [0.05, 0.1) is 18.8 Å². The van der Waals surface area contributed by atoms with Crippen molar-refractivity contribution in [3.63, 3.8) is 0 Å². The van der Waals surface area contributed by atoms with Gasteiger partial charge in [0.15, 0.2) is 0 Å². The molecule has 0 fully saturated rings. The van der Waals surface area contributed by atoms with Gasteiger partial charge in [-0.3, -0.25) is 0 Å². The number of aromatic nitrogens is 1. The van der Waals surface area contributed by atoms with Crippen molar-refractivity contribution in [2.45, 2.75) is 32.7 Å². The van der Waals surface area contributed by atoms with Crippen LogP contribution in [0, 0.1) is 0 Å². The lowest BCUT2D eigenvalue weighted by molar-refractivity contribution is 0.0527. The van der Waals surface area contributed by atoms with E-state index >= 15 is 0 Å². The predicted molar refractivity (Wildman–Crippen MR) is 69.6 cm³/mol. The van der Waals surface area contributed by atoms with Crippen molar-refractivity contribution in [2.75, 3.05) is 18.5 Å². The van der Waals surface area contributed by atoms with Crippen molar-refractivity contribution in [3.05, 3.63) is 23.9 Å². The number of ether oxygens (including phenoxy) is 1. The highest BCUT2D eigenvalue weighted by molar-refractivity contribution is 5.94. The molecule has 5 nitrogen and oxygen atoms in total. The number of pyridine rings is 1. The fourth-order valence-electron chi connectivity index (χ4n) is 1.40. The minimum atomic E-state index is -0.504. The molecule has 1 rings (SSSR count). The first-order valence-electron chi connectivity index (χ1n) is 6.07. The third kappa shape index (κ3) is 3.43. The molecule has 1 aromatic rings. The van der Waals surface area contributed by atoms with E-state index in [9.17, 15) is 9.90 Å². The second-order valence-electron chi connectivity index (χ2n) is 4.32. The molecular formula is C13H20N2O3. The van der Waals surface area contributed by atoms with Gasteiger partial charge in [0.1, 0.15) is 11.4 Å². The Bertz CT molecular complexity index is 403. The number of carbonyl (C=O) groups excluding carboxylic acids is 1. The second-order valence-corrected chi connectivity index (χ2v) is 4.32. The van der Waals surface area contributed by atoms with Crippen LogP contribution in [0.3, 0.4) is 0 Å². The zero-order valence-electron chi connectivity index (χ0n) is 11.1. The zero-order chi connectivity index (χ0) is 13.6. The Kier molecular flexibility index (Phi) is 5.09. The maximum Gasteiger partial charge on any atom is 0.341 e. The SMILES string of the molecule is CCOC(=O)c1cccnc1NC(C)(CC)CO. The van der Waals surface area contributed by atoms with Crippen molar-refractivity contribution in [3.8, 4) is 0 Å². The molecule has 0 radical (unpaired) electrons. The van der Waals surface area contributed by atoms with Crippen LogP contribution in [-0.4, -0.2) is 34.8 Å². The van der Waals surface area contributed by atoms with Gasteiger partial charge in [-0.25, -0.2) is 9.78 Å². The third-order valence-electron chi connectivity index (χ3n) is 2.85. The topological polar surface area (TPSA) is 71.5 Å². The Balaban J connectivity index is 2.99. The standard InChI is InChI=1S/C13H20N2O3/c1-4-13(3,9-16)15-11-10(7-6-8-14-11)12(17)18-5-2/h6-8,16H,4-5,9H2,1-3H3,(H,14,15). The number of nitrogens with zero attached hydrogens (tertiary/aromatic N) is 1. The highest BCUT2D eigenvalue weighted by Gasteiger charge is 2.24. The average Bonchev–Trinajstić information content (AvgIpc) is 2.39. The molecule has 1 aromatic heterocycles. The molecule has 0 amide bonds. The maximum atomic E-state index is 11.8. The first-order chi connectivity index (χ1) is 8.56. The van der Waals surface area contributed by atoms with Crippen molar-refractivity contribution in [1.82, 2.24) is 4.98 Å². The molecule has 100 valence electrons. The lowest BCUT2D eigenvalue weighted by atomic mass is 10.00. The van der Waals surface area contributed by atoms with E-state index in [0.29, 0.717) is 24.4 Å².